The highest BCUT2D eigenvalue weighted by atomic mass is 15.2. The Bertz CT molecular complexity index is 165. The Morgan fingerprint density at radius 1 is 1.50 bits per heavy atom. The maximum Gasteiger partial charge on any atom is 0.202 e. The van der Waals surface area contributed by atoms with Gasteiger partial charge < -0.3 is 9.88 Å². The van der Waals surface area contributed by atoms with Crippen LogP contribution < -0.4 is 4.90 Å². The first-order chi connectivity index (χ1) is 4.88. The van der Waals surface area contributed by atoms with Crippen molar-refractivity contribution in [3.05, 3.63) is 12.4 Å². The summed E-state index contributed by atoms with van der Waals surface area (Å²) >= 11 is 0. The van der Waals surface area contributed by atoms with Gasteiger partial charge in [0, 0.05) is 25.5 Å². The lowest BCUT2D eigenvalue weighted by molar-refractivity contribution is 0.832. The van der Waals surface area contributed by atoms with E-state index in [1.165, 1.54) is 0 Å². The van der Waals surface area contributed by atoms with E-state index in [0.29, 0.717) is 0 Å². The Labute approximate surface area is 61.1 Å². The maximum absolute atomic E-state index is 4.13. The van der Waals surface area contributed by atoms with E-state index in [1.807, 2.05) is 6.20 Å². The number of hydrogen-bond acceptors (Lipinski definition) is 2. The van der Waals surface area contributed by atoms with Gasteiger partial charge in [0.05, 0.1) is 0 Å². The van der Waals surface area contributed by atoms with Crippen LogP contribution in [0.5, 0.6) is 0 Å². The van der Waals surface area contributed by atoms with Crippen molar-refractivity contribution >= 4 is 5.95 Å². The summed E-state index contributed by atoms with van der Waals surface area (Å²) in [5, 5.41) is 0. The molecule has 0 bridgehead atoms. The molecule has 1 heterocycles. The van der Waals surface area contributed by atoms with E-state index in [1.54, 1.807) is 6.20 Å². The fourth-order valence-corrected chi connectivity index (χ4v) is 0.953. The summed E-state index contributed by atoms with van der Waals surface area (Å²) in [6.45, 7) is 6.24. The largest absolute Gasteiger partial charge is 0.343 e. The molecule has 1 aromatic rings. The van der Waals surface area contributed by atoms with Gasteiger partial charge in [-0.15, -0.1) is 0 Å². The van der Waals surface area contributed by atoms with Gasteiger partial charge in [-0.25, -0.2) is 4.98 Å². The predicted octanol–water partition coefficient (Wildman–Crippen LogP) is 1.26. The second kappa shape index (κ2) is 3.25. The van der Waals surface area contributed by atoms with Crippen molar-refractivity contribution in [3.8, 4) is 0 Å². The Morgan fingerprint density at radius 3 is 2.60 bits per heavy atom. The van der Waals surface area contributed by atoms with Gasteiger partial charge >= 0.3 is 0 Å². The molecular weight excluding hydrogens is 126 g/mol. The molecular formula is C7H13N3. The van der Waals surface area contributed by atoms with Crippen LogP contribution in [-0.4, -0.2) is 23.1 Å². The molecule has 3 nitrogen and oxygen atoms in total. The fraction of sp³-hybridized carbons (Fsp3) is 0.571. The third-order valence-electron chi connectivity index (χ3n) is 1.55. The number of rotatable bonds is 3. The third kappa shape index (κ3) is 1.29. The number of nitrogens with one attached hydrogen (secondary N) is 1. The van der Waals surface area contributed by atoms with Gasteiger partial charge in [0.1, 0.15) is 0 Å². The van der Waals surface area contributed by atoms with Gasteiger partial charge in [-0.3, -0.25) is 0 Å². The number of hydrogen-bond donors (Lipinski definition) is 1. The number of imidazole rings is 1. The zero-order valence-corrected chi connectivity index (χ0v) is 6.46. The number of aromatic amines is 1. The smallest absolute Gasteiger partial charge is 0.202 e. The van der Waals surface area contributed by atoms with Gasteiger partial charge in [0.15, 0.2) is 0 Å². The molecule has 0 radical (unpaired) electrons. The molecule has 10 heavy (non-hydrogen) atoms. The van der Waals surface area contributed by atoms with E-state index < -0.39 is 0 Å². The Kier molecular flexibility index (Phi) is 2.31. The van der Waals surface area contributed by atoms with Crippen molar-refractivity contribution in [2.45, 2.75) is 13.8 Å². The van der Waals surface area contributed by atoms with Crippen LogP contribution in [0.2, 0.25) is 0 Å². The number of H-pyrrole nitrogens is 1. The van der Waals surface area contributed by atoms with E-state index in [2.05, 4.69) is 28.7 Å². The van der Waals surface area contributed by atoms with Crippen LogP contribution in [0.25, 0.3) is 0 Å². The SMILES string of the molecule is CCN(CC)c1ncc[nH]1. The van der Waals surface area contributed by atoms with Gasteiger partial charge in [0.2, 0.25) is 5.95 Å². The molecule has 0 saturated heterocycles. The van der Waals surface area contributed by atoms with Crippen LogP contribution in [0, 0.1) is 0 Å². The molecule has 0 spiro atoms. The third-order valence-corrected chi connectivity index (χ3v) is 1.55. The molecule has 0 fully saturated rings. The van der Waals surface area contributed by atoms with Crippen molar-refractivity contribution in [3.63, 3.8) is 0 Å². The lowest BCUT2D eigenvalue weighted by Crippen LogP contribution is -2.22. The van der Waals surface area contributed by atoms with Gasteiger partial charge in [0.25, 0.3) is 0 Å². The minimum atomic E-state index is 0.963. The maximum atomic E-state index is 4.13. The zero-order chi connectivity index (χ0) is 7.40. The summed E-state index contributed by atoms with van der Waals surface area (Å²) in [6, 6.07) is 0. The molecule has 0 atom stereocenters. The van der Waals surface area contributed by atoms with Crippen molar-refractivity contribution in [2.24, 2.45) is 0 Å². The molecule has 0 aliphatic heterocycles. The van der Waals surface area contributed by atoms with Crippen LogP contribution in [0.4, 0.5) is 5.95 Å². The Morgan fingerprint density at radius 2 is 2.20 bits per heavy atom. The van der Waals surface area contributed by atoms with Gasteiger partial charge in [-0.2, -0.15) is 0 Å². The van der Waals surface area contributed by atoms with Gasteiger partial charge in [-0.1, -0.05) is 0 Å². The summed E-state index contributed by atoms with van der Waals surface area (Å²) < 4.78 is 0. The van der Waals surface area contributed by atoms with Crippen molar-refractivity contribution in [2.75, 3.05) is 18.0 Å². The molecule has 0 amide bonds. The molecule has 1 N–H and O–H groups in total. The topological polar surface area (TPSA) is 31.9 Å². The number of aromatic nitrogens is 2. The van der Waals surface area contributed by atoms with Crippen LogP contribution in [0.15, 0.2) is 12.4 Å². The molecule has 3 heteroatoms. The molecule has 56 valence electrons. The summed E-state index contributed by atoms with van der Waals surface area (Å²) in [5.41, 5.74) is 0. The van der Waals surface area contributed by atoms with E-state index in [0.717, 1.165) is 19.0 Å². The molecule has 0 saturated carbocycles. The normalized spacial score (nSPS) is 9.80. The Hall–Kier alpha value is -0.990. The van der Waals surface area contributed by atoms with Crippen LogP contribution >= 0.6 is 0 Å². The first-order valence-electron chi connectivity index (χ1n) is 3.62. The Balaban J connectivity index is 2.64. The minimum Gasteiger partial charge on any atom is -0.343 e. The zero-order valence-electron chi connectivity index (χ0n) is 6.46. The molecule has 0 aliphatic rings. The molecule has 1 rings (SSSR count). The average molecular weight is 139 g/mol. The van der Waals surface area contributed by atoms with Crippen molar-refractivity contribution in [1.29, 1.82) is 0 Å². The first kappa shape index (κ1) is 7.12. The van der Waals surface area contributed by atoms with Crippen LogP contribution in [-0.2, 0) is 0 Å². The second-order valence-electron chi connectivity index (χ2n) is 2.09. The lowest BCUT2D eigenvalue weighted by Gasteiger charge is -2.16. The van der Waals surface area contributed by atoms with E-state index in [9.17, 15) is 0 Å². The minimum absolute atomic E-state index is 0.963. The fourth-order valence-electron chi connectivity index (χ4n) is 0.953. The number of anilines is 1. The van der Waals surface area contributed by atoms with Crippen LogP contribution in [0.1, 0.15) is 13.8 Å². The van der Waals surface area contributed by atoms with E-state index in [4.69, 9.17) is 0 Å². The molecule has 0 unspecified atom stereocenters. The van der Waals surface area contributed by atoms with Crippen molar-refractivity contribution in [1.82, 2.24) is 9.97 Å². The molecule has 0 aromatic carbocycles. The highest BCUT2D eigenvalue weighted by Gasteiger charge is 2.00. The monoisotopic (exact) mass is 139 g/mol. The number of nitrogens with zero attached hydrogens (tertiary/aromatic N) is 2. The standard InChI is InChI=1S/C7H13N3/c1-3-10(4-2)7-8-5-6-9-7/h5-6H,3-4H2,1-2H3,(H,8,9). The lowest BCUT2D eigenvalue weighted by atomic mass is 10.5. The summed E-state index contributed by atoms with van der Waals surface area (Å²) in [7, 11) is 0. The van der Waals surface area contributed by atoms with Crippen molar-refractivity contribution < 1.29 is 0 Å². The summed E-state index contributed by atoms with van der Waals surface area (Å²) in [4.78, 5) is 9.35. The highest BCUT2D eigenvalue weighted by molar-refractivity contribution is 5.27. The average Bonchev–Trinajstić information content (AvgIpc) is 2.43. The van der Waals surface area contributed by atoms with Crippen LogP contribution in [0.3, 0.4) is 0 Å². The summed E-state index contributed by atoms with van der Waals surface area (Å²) in [5.74, 6) is 0.963. The van der Waals surface area contributed by atoms with E-state index in [-0.39, 0.29) is 0 Å². The molecule has 1 aromatic heterocycles. The predicted molar refractivity (Wildman–Crippen MR) is 42.1 cm³/mol. The first-order valence-corrected chi connectivity index (χ1v) is 3.62. The highest BCUT2D eigenvalue weighted by Crippen LogP contribution is 2.03. The van der Waals surface area contributed by atoms with E-state index >= 15 is 0 Å². The quantitative estimate of drug-likeness (QED) is 0.683. The molecule has 0 aliphatic carbocycles. The second-order valence-corrected chi connectivity index (χ2v) is 2.09. The van der Waals surface area contributed by atoms with Gasteiger partial charge in [-0.05, 0) is 13.8 Å². The summed E-state index contributed by atoms with van der Waals surface area (Å²) in [6.07, 6.45) is 3.61.